The maximum atomic E-state index is 13.3. The molecule has 0 unspecified atom stereocenters. The molecule has 0 atom stereocenters. The highest BCUT2D eigenvalue weighted by Crippen LogP contribution is 2.48. The quantitative estimate of drug-likeness (QED) is 0.147. The standard InChI is InChI=1S/C31H40NO5P/c1-4-7-8-9-10-13-24-35-28-22-20-26(21-23-28)25-16-18-27(19-17-25)31(33)32-29-14-11-12-15-30(29)38(34,36-5-2)37-6-3/h11-12,14-23H,4-10,13,24H2,1-3H3,(H,32,33). The van der Waals surface area contributed by atoms with Crippen LogP contribution in [0.2, 0.25) is 0 Å². The molecule has 0 aliphatic heterocycles. The Morgan fingerprint density at radius 3 is 1.95 bits per heavy atom. The maximum absolute atomic E-state index is 13.3. The van der Waals surface area contributed by atoms with Gasteiger partial charge in [0.25, 0.3) is 5.91 Å². The van der Waals surface area contributed by atoms with E-state index in [1.165, 1.54) is 32.1 Å². The number of para-hydroxylation sites is 1. The zero-order valence-corrected chi connectivity index (χ0v) is 23.7. The molecule has 0 saturated heterocycles. The molecule has 38 heavy (non-hydrogen) atoms. The molecule has 3 aromatic carbocycles. The largest absolute Gasteiger partial charge is 0.494 e. The minimum Gasteiger partial charge on any atom is -0.494 e. The minimum atomic E-state index is -3.55. The summed E-state index contributed by atoms with van der Waals surface area (Å²) in [4.78, 5) is 13.0. The average Bonchev–Trinajstić information content (AvgIpc) is 2.93. The third kappa shape index (κ3) is 8.56. The van der Waals surface area contributed by atoms with E-state index in [0.29, 0.717) is 16.6 Å². The van der Waals surface area contributed by atoms with Crippen molar-refractivity contribution < 1.29 is 23.1 Å². The van der Waals surface area contributed by atoms with Gasteiger partial charge < -0.3 is 19.1 Å². The third-order valence-corrected chi connectivity index (χ3v) is 8.32. The van der Waals surface area contributed by atoms with Gasteiger partial charge in [0.2, 0.25) is 0 Å². The molecule has 0 bridgehead atoms. The Morgan fingerprint density at radius 2 is 1.32 bits per heavy atom. The van der Waals surface area contributed by atoms with Crippen LogP contribution in [0.3, 0.4) is 0 Å². The van der Waals surface area contributed by atoms with Gasteiger partial charge in [0, 0.05) is 5.56 Å². The van der Waals surface area contributed by atoms with E-state index in [-0.39, 0.29) is 19.1 Å². The number of carbonyl (C=O) groups excluding carboxylic acids is 1. The lowest BCUT2D eigenvalue weighted by molar-refractivity contribution is 0.102. The van der Waals surface area contributed by atoms with Gasteiger partial charge in [-0.05, 0) is 67.8 Å². The van der Waals surface area contributed by atoms with Crippen molar-refractivity contribution in [3.8, 4) is 16.9 Å². The second-order valence-electron chi connectivity index (χ2n) is 9.02. The van der Waals surface area contributed by atoms with Gasteiger partial charge in [-0.2, -0.15) is 0 Å². The highest BCUT2D eigenvalue weighted by molar-refractivity contribution is 7.62. The van der Waals surface area contributed by atoms with Crippen LogP contribution in [-0.2, 0) is 13.6 Å². The third-order valence-electron chi connectivity index (χ3n) is 6.15. The average molecular weight is 538 g/mol. The summed E-state index contributed by atoms with van der Waals surface area (Å²) < 4.78 is 30.1. The number of nitrogens with one attached hydrogen (secondary N) is 1. The molecule has 0 radical (unpaired) electrons. The van der Waals surface area contributed by atoms with E-state index in [2.05, 4.69) is 12.2 Å². The number of unbranched alkanes of at least 4 members (excludes halogenated alkanes) is 5. The van der Waals surface area contributed by atoms with Crippen LogP contribution in [0, 0.1) is 0 Å². The SMILES string of the molecule is CCCCCCCCOc1ccc(-c2ccc(C(=O)Nc3ccccc3P(=O)(OCC)OCC)cc2)cc1. The van der Waals surface area contributed by atoms with Crippen molar-refractivity contribution in [1.82, 2.24) is 0 Å². The van der Waals surface area contributed by atoms with Gasteiger partial charge in [-0.25, -0.2) is 0 Å². The molecule has 0 fully saturated rings. The number of amides is 1. The van der Waals surface area contributed by atoms with Gasteiger partial charge in [-0.15, -0.1) is 0 Å². The van der Waals surface area contributed by atoms with Crippen LogP contribution in [0.15, 0.2) is 72.8 Å². The lowest BCUT2D eigenvalue weighted by Gasteiger charge is -2.20. The Morgan fingerprint density at radius 1 is 0.737 bits per heavy atom. The first-order valence-corrected chi connectivity index (χ1v) is 15.2. The Kier molecular flexibility index (Phi) is 12.1. The monoisotopic (exact) mass is 537 g/mol. The molecule has 0 aliphatic carbocycles. The number of carbonyl (C=O) groups is 1. The molecule has 0 aromatic heterocycles. The molecule has 1 N–H and O–H groups in total. The van der Waals surface area contributed by atoms with E-state index in [9.17, 15) is 9.36 Å². The normalized spacial score (nSPS) is 11.3. The molecule has 1 amide bonds. The van der Waals surface area contributed by atoms with E-state index in [1.54, 1.807) is 50.2 Å². The van der Waals surface area contributed by atoms with E-state index in [0.717, 1.165) is 29.9 Å². The lowest BCUT2D eigenvalue weighted by Crippen LogP contribution is -2.20. The fraction of sp³-hybridized carbons (Fsp3) is 0.387. The molecular weight excluding hydrogens is 497 g/mol. The van der Waals surface area contributed by atoms with Crippen molar-refractivity contribution in [1.29, 1.82) is 0 Å². The number of anilines is 1. The zero-order chi connectivity index (χ0) is 27.2. The summed E-state index contributed by atoms with van der Waals surface area (Å²) >= 11 is 0. The van der Waals surface area contributed by atoms with Gasteiger partial charge in [0.05, 0.1) is 30.8 Å². The van der Waals surface area contributed by atoms with Crippen LogP contribution in [0.1, 0.15) is 69.7 Å². The predicted molar refractivity (Wildman–Crippen MR) is 156 cm³/mol. The smallest absolute Gasteiger partial charge is 0.363 e. The molecule has 7 heteroatoms. The highest BCUT2D eigenvalue weighted by atomic mass is 31.2. The lowest BCUT2D eigenvalue weighted by atomic mass is 10.0. The Balaban J connectivity index is 1.60. The summed E-state index contributed by atoms with van der Waals surface area (Å²) in [6, 6.07) is 22.3. The van der Waals surface area contributed by atoms with Crippen LogP contribution in [0.25, 0.3) is 11.1 Å². The Bertz CT molecular complexity index is 1170. The van der Waals surface area contributed by atoms with E-state index in [4.69, 9.17) is 13.8 Å². The van der Waals surface area contributed by atoms with Gasteiger partial charge in [-0.3, -0.25) is 9.36 Å². The van der Waals surface area contributed by atoms with Crippen LogP contribution >= 0.6 is 7.60 Å². The summed E-state index contributed by atoms with van der Waals surface area (Å²) in [5.74, 6) is 0.565. The van der Waals surface area contributed by atoms with Gasteiger partial charge in [-0.1, -0.05) is 75.4 Å². The summed E-state index contributed by atoms with van der Waals surface area (Å²) in [6.45, 7) is 6.94. The second kappa shape index (κ2) is 15.5. The fourth-order valence-electron chi connectivity index (χ4n) is 4.16. The molecule has 0 spiro atoms. The molecule has 204 valence electrons. The van der Waals surface area contributed by atoms with Crippen LogP contribution in [0.5, 0.6) is 5.75 Å². The zero-order valence-electron chi connectivity index (χ0n) is 22.8. The van der Waals surface area contributed by atoms with E-state index < -0.39 is 7.60 Å². The molecule has 0 heterocycles. The minimum absolute atomic E-state index is 0.229. The molecule has 3 aromatic rings. The van der Waals surface area contributed by atoms with Crippen LogP contribution in [0.4, 0.5) is 5.69 Å². The van der Waals surface area contributed by atoms with Gasteiger partial charge in [0.1, 0.15) is 5.75 Å². The number of rotatable bonds is 16. The Labute approximate surface area is 227 Å². The van der Waals surface area contributed by atoms with Crippen molar-refractivity contribution in [3.05, 3.63) is 78.4 Å². The number of hydrogen-bond acceptors (Lipinski definition) is 5. The van der Waals surface area contributed by atoms with Crippen molar-refractivity contribution in [2.24, 2.45) is 0 Å². The summed E-state index contributed by atoms with van der Waals surface area (Å²) in [6.07, 6.45) is 7.45. The second-order valence-corrected chi connectivity index (χ2v) is 11.0. The van der Waals surface area contributed by atoms with Gasteiger partial charge >= 0.3 is 7.60 Å². The first-order chi connectivity index (χ1) is 18.5. The first-order valence-electron chi connectivity index (χ1n) is 13.6. The van der Waals surface area contributed by atoms with E-state index in [1.807, 2.05) is 36.4 Å². The highest BCUT2D eigenvalue weighted by Gasteiger charge is 2.30. The summed E-state index contributed by atoms with van der Waals surface area (Å²) in [5.41, 5.74) is 2.94. The fourth-order valence-corrected chi connectivity index (χ4v) is 5.89. The van der Waals surface area contributed by atoms with Crippen molar-refractivity contribution in [2.75, 3.05) is 25.1 Å². The maximum Gasteiger partial charge on any atom is 0.363 e. The van der Waals surface area contributed by atoms with Gasteiger partial charge in [0.15, 0.2) is 0 Å². The molecule has 0 saturated carbocycles. The predicted octanol–water partition coefficient (Wildman–Crippen LogP) is 8.24. The summed E-state index contributed by atoms with van der Waals surface area (Å²) in [5, 5.41) is 3.21. The van der Waals surface area contributed by atoms with Crippen molar-refractivity contribution in [2.45, 2.75) is 59.3 Å². The van der Waals surface area contributed by atoms with Crippen LogP contribution in [-0.4, -0.2) is 25.7 Å². The van der Waals surface area contributed by atoms with Crippen LogP contribution < -0.4 is 15.4 Å². The van der Waals surface area contributed by atoms with Crippen molar-refractivity contribution >= 4 is 24.5 Å². The first kappa shape index (κ1) is 29.6. The van der Waals surface area contributed by atoms with Crippen molar-refractivity contribution in [3.63, 3.8) is 0 Å². The number of hydrogen-bond donors (Lipinski definition) is 1. The number of benzene rings is 3. The summed E-state index contributed by atoms with van der Waals surface area (Å²) in [7, 11) is -3.55. The number of ether oxygens (including phenoxy) is 1. The van der Waals surface area contributed by atoms with E-state index >= 15 is 0 Å². The molecule has 6 nitrogen and oxygen atoms in total. The Hall–Kier alpha value is -2.92. The topological polar surface area (TPSA) is 73.9 Å². The molecule has 3 rings (SSSR count). The molecular formula is C31H40NO5P. The molecule has 0 aliphatic rings.